The maximum absolute atomic E-state index is 13.2. The van der Waals surface area contributed by atoms with E-state index in [0.29, 0.717) is 45.2 Å². The van der Waals surface area contributed by atoms with E-state index in [1.165, 1.54) is 21.3 Å². The molecule has 0 saturated carbocycles. The van der Waals surface area contributed by atoms with Gasteiger partial charge in [0.05, 0.1) is 32.4 Å². The van der Waals surface area contributed by atoms with Crippen LogP contribution in [0.3, 0.4) is 0 Å². The number of aromatic amines is 1. The number of benzene rings is 2. The topological polar surface area (TPSA) is 141 Å². The van der Waals surface area contributed by atoms with Crippen LogP contribution in [0, 0.1) is 0 Å². The van der Waals surface area contributed by atoms with Gasteiger partial charge >= 0.3 is 0 Å². The predicted octanol–water partition coefficient (Wildman–Crippen LogP) is 3.11. The zero-order valence-corrected chi connectivity index (χ0v) is 19.5. The van der Waals surface area contributed by atoms with Crippen molar-refractivity contribution in [2.24, 2.45) is 5.73 Å². The molecule has 0 fully saturated rings. The Morgan fingerprint density at radius 2 is 1.69 bits per heavy atom. The lowest BCUT2D eigenvalue weighted by Gasteiger charge is -2.18. The Hall–Kier alpha value is -4.60. The minimum Gasteiger partial charge on any atom is -0.493 e. The maximum Gasteiger partial charge on any atom is 0.254 e. The summed E-state index contributed by atoms with van der Waals surface area (Å²) >= 11 is 0. The summed E-state index contributed by atoms with van der Waals surface area (Å²) in [4.78, 5) is 37.3. The van der Waals surface area contributed by atoms with Crippen molar-refractivity contribution >= 4 is 22.8 Å². The van der Waals surface area contributed by atoms with Crippen molar-refractivity contribution in [3.8, 4) is 28.6 Å². The van der Waals surface area contributed by atoms with E-state index in [0.717, 1.165) is 5.56 Å². The average molecular weight is 492 g/mol. The first-order valence-electron chi connectivity index (χ1n) is 10.7. The Labute approximate surface area is 208 Å². The molecule has 4 N–H and O–H groups in total. The average Bonchev–Trinajstić information content (AvgIpc) is 3.32. The molecule has 0 aliphatic heterocycles. The minimum atomic E-state index is -0.987. The molecule has 0 bridgehead atoms. The highest BCUT2D eigenvalue weighted by atomic mass is 16.5. The number of methoxy groups -OCH3 is 3. The van der Waals surface area contributed by atoms with E-state index in [2.05, 4.69) is 20.3 Å². The standard InChI is InChI=1S/C25H25N5O5.CH4/c1-33-19-12-14(13-20(34-2)22(19)35-3)11-18(23(26)31)29-25(32)16-5-4-6-17-21(16)30-24(28-17)15-7-9-27-10-8-15;/h4-10,12-13,18H,11H2,1-3H3,(H2,26,31)(H,28,30)(H,29,32);1H4/t18-;/m0./s1. The summed E-state index contributed by atoms with van der Waals surface area (Å²) in [6, 6.07) is 11.3. The zero-order valence-electron chi connectivity index (χ0n) is 19.5. The monoisotopic (exact) mass is 491 g/mol. The van der Waals surface area contributed by atoms with Crippen LogP contribution in [0.1, 0.15) is 23.3 Å². The fraction of sp³-hybridized carbons (Fsp3) is 0.231. The largest absolute Gasteiger partial charge is 0.493 e. The normalized spacial score (nSPS) is 11.3. The molecule has 0 saturated heterocycles. The summed E-state index contributed by atoms with van der Waals surface area (Å²) in [6.07, 6.45) is 3.45. The second-order valence-corrected chi connectivity index (χ2v) is 7.69. The number of H-pyrrole nitrogens is 1. The number of hydrogen-bond donors (Lipinski definition) is 3. The van der Waals surface area contributed by atoms with Gasteiger partial charge in [-0.05, 0) is 42.0 Å². The number of carbonyl (C=O) groups is 2. The molecule has 4 rings (SSSR count). The van der Waals surface area contributed by atoms with Gasteiger partial charge in [0.1, 0.15) is 17.4 Å². The van der Waals surface area contributed by atoms with E-state index in [9.17, 15) is 9.59 Å². The van der Waals surface area contributed by atoms with Crippen molar-refractivity contribution in [1.29, 1.82) is 0 Å². The van der Waals surface area contributed by atoms with Crippen LogP contribution in [0.25, 0.3) is 22.4 Å². The van der Waals surface area contributed by atoms with Gasteiger partial charge in [-0.3, -0.25) is 14.6 Å². The number of nitrogens with zero attached hydrogens (tertiary/aromatic N) is 2. The smallest absolute Gasteiger partial charge is 0.254 e. The van der Waals surface area contributed by atoms with Gasteiger partial charge in [-0.15, -0.1) is 0 Å². The van der Waals surface area contributed by atoms with Crippen molar-refractivity contribution < 1.29 is 23.8 Å². The van der Waals surface area contributed by atoms with E-state index in [1.54, 1.807) is 36.7 Å². The molecular weight excluding hydrogens is 462 g/mol. The molecule has 0 radical (unpaired) electrons. The zero-order chi connectivity index (χ0) is 24.9. The molecular formula is C26H29N5O5. The first-order valence-corrected chi connectivity index (χ1v) is 10.7. The van der Waals surface area contributed by atoms with Gasteiger partial charge in [0, 0.05) is 24.4 Å². The maximum atomic E-state index is 13.2. The molecule has 1 atom stereocenters. The van der Waals surface area contributed by atoms with E-state index in [1.807, 2.05) is 18.2 Å². The second kappa shape index (κ2) is 11.2. The summed E-state index contributed by atoms with van der Waals surface area (Å²) in [5.74, 6) is 0.737. The highest BCUT2D eigenvalue weighted by Gasteiger charge is 2.23. The van der Waals surface area contributed by atoms with Crippen molar-refractivity contribution in [3.05, 3.63) is 66.0 Å². The highest BCUT2D eigenvalue weighted by molar-refractivity contribution is 6.06. The van der Waals surface area contributed by atoms with Crippen LogP contribution < -0.4 is 25.3 Å². The van der Waals surface area contributed by atoms with E-state index >= 15 is 0 Å². The van der Waals surface area contributed by atoms with Gasteiger partial charge < -0.3 is 30.2 Å². The SMILES string of the molecule is C.COc1cc(C[C@H](NC(=O)c2cccc3[nH]c(-c4ccncc4)nc23)C(N)=O)cc(OC)c1OC. The van der Waals surface area contributed by atoms with Crippen LogP contribution >= 0.6 is 0 Å². The van der Waals surface area contributed by atoms with E-state index in [-0.39, 0.29) is 13.8 Å². The van der Waals surface area contributed by atoms with Crippen LogP contribution in [0.15, 0.2) is 54.9 Å². The second-order valence-electron chi connectivity index (χ2n) is 7.69. The van der Waals surface area contributed by atoms with Crippen LogP contribution in [-0.4, -0.2) is 54.1 Å². The number of nitrogens with two attached hydrogens (primary N) is 1. The first-order chi connectivity index (χ1) is 16.9. The lowest BCUT2D eigenvalue weighted by Crippen LogP contribution is -2.45. The lowest BCUT2D eigenvalue weighted by atomic mass is 10.0. The number of carbonyl (C=O) groups excluding carboxylic acids is 2. The summed E-state index contributed by atoms with van der Waals surface area (Å²) in [7, 11) is 4.50. The molecule has 188 valence electrons. The van der Waals surface area contributed by atoms with Crippen molar-refractivity contribution in [1.82, 2.24) is 20.3 Å². The highest BCUT2D eigenvalue weighted by Crippen LogP contribution is 2.38. The first kappa shape index (κ1) is 26.0. The number of primary amides is 1. The Kier molecular flexibility index (Phi) is 8.11. The molecule has 10 nitrogen and oxygen atoms in total. The van der Waals surface area contributed by atoms with Crippen LogP contribution in [0.2, 0.25) is 0 Å². The Morgan fingerprint density at radius 1 is 1.03 bits per heavy atom. The molecule has 0 aliphatic carbocycles. The molecule has 2 amide bonds. The quantitative estimate of drug-likeness (QED) is 0.327. The number of imidazole rings is 1. The van der Waals surface area contributed by atoms with Crippen molar-refractivity contribution in [2.75, 3.05) is 21.3 Å². The third-order valence-electron chi connectivity index (χ3n) is 5.52. The number of rotatable bonds is 9. The number of nitrogens with one attached hydrogen (secondary N) is 2. The van der Waals surface area contributed by atoms with Crippen molar-refractivity contribution in [2.45, 2.75) is 19.9 Å². The summed E-state index contributed by atoms with van der Waals surface area (Å²) in [6.45, 7) is 0. The fourth-order valence-electron chi connectivity index (χ4n) is 3.81. The Morgan fingerprint density at radius 3 is 2.28 bits per heavy atom. The molecule has 4 aromatic rings. The molecule has 0 spiro atoms. The minimum absolute atomic E-state index is 0. The van der Waals surface area contributed by atoms with Crippen LogP contribution in [-0.2, 0) is 11.2 Å². The third-order valence-corrected chi connectivity index (χ3v) is 5.52. The molecule has 2 heterocycles. The van der Waals surface area contributed by atoms with Crippen LogP contribution in [0.4, 0.5) is 0 Å². The number of ether oxygens (including phenoxy) is 3. The van der Waals surface area contributed by atoms with Crippen molar-refractivity contribution in [3.63, 3.8) is 0 Å². The van der Waals surface area contributed by atoms with Gasteiger partial charge in [-0.25, -0.2) is 4.98 Å². The predicted molar refractivity (Wildman–Crippen MR) is 136 cm³/mol. The summed E-state index contributed by atoms with van der Waals surface area (Å²) in [5, 5.41) is 2.74. The molecule has 10 heteroatoms. The van der Waals surface area contributed by atoms with Gasteiger partial charge in [0.25, 0.3) is 5.91 Å². The molecule has 0 unspecified atom stereocenters. The summed E-state index contributed by atoms with van der Waals surface area (Å²) < 4.78 is 16.1. The number of amides is 2. The number of hydrogen-bond acceptors (Lipinski definition) is 7. The summed E-state index contributed by atoms with van der Waals surface area (Å²) in [5.41, 5.74) is 8.61. The van der Waals surface area contributed by atoms with Gasteiger partial charge in [0.15, 0.2) is 11.5 Å². The number of para-hydroxylation sites is 1. The number of fused-ring (bicyclic) bond motifs is 1. The van der Waals surface area contributed by atoms with Gasteiger partial charge in [-0.1, -0.05) is 13.5 Å². The van der Waals surface area contributed by atoms with Gasteiger partial charge in [0.2, 0.25) is 11.7 Å². The van der Waals surface area contributed by atoms with Gasteiger partial charge in [-0.2, -0.15) is 0 Å². The Bertz CT molecular complexity index is 1340. The Balaban J connectivity index is 0.00000361. The number of pyridine rings is 1. The number of aromatic nitrogens is 3. The van der Waals surface area contributed by atoms with E-state index < -0.39 is 17.9 Å². The lowest BCUT2D eigenvalue weighted by molar-refractivity contribution is -0.119. The van der Waals surface area contributed by atoms with Crippen LogP contribution in [0.5, 0.6) is 17.2 Å². The fourth-order valence-corrected chi connectivity index (χ4v) is 3.81. The molecule has 2 aromatic carbocycles. The molecule has 2 aromatic heterocycles. The third kappa shape index (κ3) is 5.22. The van der Waals surface area contributed by atoms with E-state index in [4.69, 9.17) is 19.9 Å². The molecule has 36 heavy (non-hydrogen) atoms. The molecule has 0 aliphatic rings.